The molecule has 0 aliphatic heterocycles. The number of aryl methyl sites for hydroxylation is 3. The second kappa shape index (κ2) is 6.53. The Balaban J connectivity index is 1.78. The lowest BCUT2D eigenvalue weighted by atomic mass is 9.74. The summed E-state index contributed by atoms with van der Waals surface area (Å²) >= 11 is 1.67. The van der Waals surface area contributed by atoms with Crippen LogP contribution in [-0.4, -0.2) is 17.4 Å². The first-order valence-electron chi connectivity index (χ1n) is 9.24. The molecule has 2 aliphatic rings. The van der Waals surface area contributed by atoms with Crippen LogP contribution in [0.2, 0.25) is 0 Å². The predicted octanol–water partition coefficient (Wildman–Crippen LogP) is 4.87. The van der Waals surface area contributed by atoms with Crippen LogP contribution in [0.25, 0.3) is 0 Å². The highest BCUT2D eigenvalue weighted by Crippen LogP contribution is 2.55. The van der Waals surface area contributed by atoms with Gasteiger partial charge in [0.1, 0.15) is 0 Å². The van der Waals surface area contributed by atoms with E-state index in [1.54, 1.807) is 11.8 Å². The number of anilines is 1. The van der Waals surface area contributed by atoms with E-state index in [0.29, 0.717) is 5.75 Å². The summed E-state index contributed by atoms with van der Waals surface area (Å²) in [5.74, 6) is 1.62. The number of carbonyl (C=O) groups is 1. The van der Waals surface area contributed by atoms with Gasteiger partial charge < -0.3 is 5.32 Å². The van der Waals surface area contributed by atoms with Gasteiger partial charge in [-0.2, -0.15) is 11.8 Å². The molecule has 3 heteroatoms. The topological polar surface area (TPSA) is 29.1 Å². The van der Waals surface area contributed by atoms with Crippen LogP contribution in [0.15, 0.2) is 36.4 Å². The molecule has 2 aromatic carbocycles. The molecule has 0 bridgehead atoms. The van der Waals surface area contributed by atoms with Gasteiger partial charge in [-0.25, -0.2) is 0 Å². The van der Waals surface area contributed by atoms with Crippen LogP contribution < -0.4 is 5.32 Å². The maximum absolute atomic E-state index is 12.4. The van der Waals surface area contributed by atoms with Gasteiger partial charge in [-0.15, -0.1) is 0 Å². The standard InChI is InChI=1S/C22H25NOS/c1-3-25-14-19(24)23-18-9-5-8-17-11-13-22(21(17)18)12-10-16-7-4-6-15(2)20(16)22/h4-9H,3,10-14H2,1-2H3,(H,23,24)/t22-/m1/s1. The summed E-state index contributed by atoms with van der Waals surface area (Å²) in [7, 11) is 0. The van der Waals surface area contributed by atoms with Gasteiger partial charge >= 0.3 is 0 Å². The van der Waals surface area contributed by atoms with E-state index in [1.165, 1.54) is 27.8 Å². The van der Waals surface area contributed by atoms with Crippen molar-refractivity contribution in [2.45, 2.75) is 44.9 Å². The van der Waals surface area contributed by atoms with Gasteiger partial charge in [0.15, 0.2) is 0 Å². The Morgan fingerprint density at radius 1 is 1.08 bits per heavy atom. The van der Waals surface area contributed by atoms with Crippen molar-refractivity contribution in [3.05, 3.63) is 64.2 Å². The lowest BCUT2D eigenvalue weighted by Crippen LogP contribution is -2.25. The second-order valence-corrected chi connectivity index (χ2v) is 8.49. The van der Waals surface area contributed by atoms with Crippen LogP contribution in [0.5, 0.6) is 0 Å². The maximum atomic E-state index is 12.4. The quantitative estimate of drug-likeness (QED) is 0.852. The molecule has 1 N–H and O–H groups in total. The average Bonchev–Trinajstić information content (AvgIpc) is 3.17. The molecule has 0 unspecified atom stereocenters. The molecule has 1 atom stereocenters. The maximum Gasteiger partial charge on any atom is 0.234 e. The van der Waals surface area contributed by atoms with Crippen molar-refractivity contribution in [2.75, 3.05) is 16.8 Å². The number of carbonyl (C=O) groups excluding carboxylic acids is 1. The summed E-state index contributed by atoms with van der Waals surface area (Å²) in [6.07, 6.45) is 4.58. The molecule has 0 heterocycles. The Kier molecular flexibility index (Phi) is 4.36. The third-order valence-corrected chi connectivity index (χ3v) is 6.70. The number of hydrogen-bond acceptors (Lipinski definition) is 2. The fraction of sp³-hybridized carbons (Fsp3) is 0.409. The van der Waals surface area contributed by atoms with Crippen molar-refractivity contribution in [3.8, 4) is 0 Å². The van der Waals surface area contributed by atoms with Crippen LogP contribution in [0.4, 0.5) is 5.69 Å². The first-order valence-corrected chi connectivity index (χ1v) is 10.4. The molecule has 4 rings (SSSR count). The van der Waals surface area contributed by atoms with Crippen LogP contribution >= 0.6 is 11.8 Å². The Morgan fingerprint density at radius 3 is 2.48 bits per heavy atom. The molecule has 2 aliphatic carbocycles. The number of rotatable bonds is 4. The van der Waals surface area contributed by atoms with Crippen molar-refractivity contribution in [3.63, 3.8) is 0 Å². The number of thioether (sulfide) groups is 1. The molecule has 0 aromatic heterocycles. The van der Waals surface area contributed by atoms with Crippen molar-refractivity contribution in [2.24, 2.45) is 0 Å². The summed E-state index contributed by atoms with van der Waals surface area (Å²) in [5, 5.41) is 3.22. The lowest BCUT2D eigenvalue weighted by Gasteiger charge is -2.30. The Morgan fingerprint density at radius 2 is 1.76 bits per heavy atom. The van der Waals surface area contributed by atoms with E-state index in [4.69, 9.17) is 0 Å². The summed E-state index contributed by atoms with van der Waals surface area (Å²) in [6, 6.07) is 13.1. The van der Waals surface area contributed by atoms with Gasteiger partial charge in [0.2, 0.25) is 5.91 Å². The Labute approximate surface area is 154 Å². The third kappa shape index (κ3) is 2.69. The van der Waals surface area contributed by atoms with Crippen molar-refractivity contribution < 1.29 is 4.79 Å². The molecule has 0 radical (unpaired) electrons. The van der Waals surface area contributed by atoms with Crippen molar-refractivity contribution in [1.82, 2.24) is 0 Å². The van der Waals surface area contributed by atoms with Crippen LogP contribution in [0.1, 0.15) is 47.6 Å². The minimum atomic E-state index is 0.0950. The van der Waals surface area contributed by atoms with Crippen LogP contribution in [0.3, 0.4) is 0 Å². The molecule has 130 valence electrons. The minimum Gasteiger partial charge on any atom is -0.325 e. The number of nitrogens with one attached hydrogen (secondary N) is 1. The SMILES string of the molecule is CCSCC(=O)Nc1cccc2c1[C@]1(CCc3cccc(C)c31)CC2. The molecular formula is C22H25NOS. The normalized spacial score (nSPS) is 20.6. The Bertz CT molecular complexity index is 825. The molecule has 2 aromatic rings. The Hall–Kier alpha value is -1.74. The number of benzene rings is 2. The summed E-state index contributed by atoms with van der Waals surface area (Å²) < 4.78 is 0. The zero-order chi connectivity index (χ0) is 17.4. The van der Waals surface area contributed by atoms with E-state index in [0.717, 1.165) is 37.1 Å². The second-order valence-electron chi connectivity index (χ2n) is 7.22. The van der Waals surface area contributed by atoms with Crippen LogP contribution in [0, 0.1) is 6.92 Å². The van der Waals surface area contributed by atoms with E-state index in [-0.39, 0.29) is 11.3 Å². The van der Waals surface area contributed by atoms with Crippen molar-refractivity contribution >= 4 is 23.4 Å². The van der Waals surface area contributed by atoms with Crippen LogP contribution in [-0.2, 0) is 23.1 Å². The van der Waals surface area contributed by atoms with Gasteiger partial charge in [0.25, 0.3) is 0 Å². The highest BCUT2D eigenvalue weighted by molar-refractivity contribution is 7.99. The average molecular weight is 352 g/mol. The van der Waals surface area contributed by atoms with E-state index in [2.05, 4.69) is 55.6 Å². The van der Waals surface area contributed by atoms with Gasteiger partial charge in [0, 0.05) is 11.1 Å². The van der Waals surface area contributed by atoms with Gasteiger partial charge in [-0.05, 0) is 72.2 Å². The highest BCUT2D eigenvalue weighted by Gasteiger charge is 2.46. The first-order chi connectivity index (χ1) is 12.2. The molecule has 1 amide bonds. The van der Waals surface area contributed by atoms with E-state index in [9.17, 15) is 4.79 Å². The smallest absolute Gasteiger partial charge is 0.234 e. The summed E-state index contributed by atoms with van der Waals surface area (Å²) in [4.78, 5) is 12.4. The molecule has 0 fully saturated rings. The molecule has 0 saturated heterocycles. The molecule has 2 nitrogen and oxygen atoms in total. The van der Waals surface area contributed by atoms with Gasteiger partial charge in [0.05, 0.1) is 5.75 Å². The third-order valence-electron chi connectivity index (χ3n) is 5.82. The largest absolute Gasteiger partial charge is 0.325 e. The lowest BCUT2D eigenvalue weighted by molar-refractivity contribution is -0.113. The summed E-state index contributed by atoms with van der Waals surface area (Å²) in [5.41, 5.74) is 8.35. The van der Waals surface area contributed by atoms with Crippen molar-refractivity contribution in [1.29, 1.82) is 0 Å². The number of fused-ring (bicyclic) bond motifs is 4. The molecular weight excluding hydrogens is 326 g/mol. The van der Waals surface area contributed by atoms with E-state index < -0.39 is 0 Å². The highest BCUT2D eigenvalue weighted by atomic mass is 32.2. The minimum absolute atomic E-state index is 0.0950. The number of amides is 1. The summed E-state index contributed by atoms with van der Waals surface area (Å²) in [6.45, 7) is 4.33. The number of hydrogen-bond donors (Lipinski definition) is 1. The zero-order valence-electron chi connectivity index (χ0n) is 15.0. The van der Waals surface area contributed by atoms with Gasteiger partial charge in [-0.3, -0.25) is 4.79 Å². The monoisotopic (exact) mass is 351 g/mol. The predicted molar refractivity (Wildman–Crippen MR) is 107 cm³/mol. The zero-order valence-corrected chi connectivity index (χ0v) is 15.8. The van der Waals surface area contributed by atoms with E-state index >= 15 is 0 Å². The first kappa shape index (κ1) is 16.7. The fourth-order valence-electron chi connectivity index (χ4n) is 4.93. The molecule has 1 spiro atoms. The van der Waals surface area contributed by atoms with E-state index in [1.807, 2.05) is 0 Å². The van der Waals surface area contributed by atoms with Gasteiger partial charge in [-0.1, -0.05) is 37.3 Å². The molecule has 25 heavy (non-hydrogen) atoms. The molecule has 0 saturated carbocycles. The fourth-order valence-corrected chi connectivity index (χ4v) is 5.39.